The number of unbranched alkanes of at least 4 members (excludes halogenated alkanes) is 2. The van der Waals surface area contributed by atoms with Gasteiger partial charge in [0.2, 0.25) is 11.6 Å². The van der Waals surface area contributed by atoms with Crippen LogP contribution in [0.5, 0.6) is 0 Å². The van der Waals surface area contributed by atoms with Crippen molar-refractivity contribution >= 4 is 11.6 Å². The van der Waals surface area contributed by atoms with E-state index in [1.54, 1.807) is 6.08 Å². The topological polar surface area (TPSA) is 43.4 Å². The number of ketones is 2. The zero-order valence-corrected chi connectivity index (χ0v) is 12.3. The lowest BCUT2D eigenvalue weighted by molar-refractivity contribution is -0.132. The Balaban J connectivity index is 3.01. The number of hydrogen-bond donors (Lipinski definition) is 0. The SMILES string of the molecule is CCCCC1=CC(OCC)=C(CCCC)C(=O)C1=O. The van der Waals surface area contributed by atoms with E-state index in [1.807, 2.05) is 6.92 Å². The fourth-order valence-corrected chi connectivity index (χ4v) is 2.13. The van der Waals surface area contributed by atoms with Crippen LogP contribution in [-0.4, -0.2) is 18.2 Å². The van der Waals surface area contributed by atoms with E-state index in [2.05, 4.69) is 13.8 Å². The van der Waals surface area contributed by atoms with Gasteiger partial charge in [-0.2, -0.15) is 0 Å². The maximum atomic E-state index is 12.2. The van der Waals surface area contributed by atoms with Gasteiger partial charge in [-0.15, -0.1) is 0 Å². The van der Waals surface area contributed by atoms with E-state index >= 15 is 0 Å². The van der Waals surface area contributed by atoms with Crippen molar-refractivity contribution in [1.82, 2.24) is 0 Å². The average molecular weight is 264 g/mol. The summed E-state index contributed by atoms with van der Waals surface area (Å²) >= 11 is 0. The molecule has 106 valence electrons. The monoisotopic (exact) mass is 264 g/mol. The zero-order valence-electron chi connectivity index (χ0n) is 12.3. The molecule has 0 aromatic carbocycles. The summed E-state index contributed by atoms with van der Waals surface area (Å²) in [5.41, 5.74) is 1.17. The number of Topliss-reactive ketones (excluding diaryl/α,β-unsaturated/α-hetero) is 2. The van der Waals surface area contributed by atoms with Crippen LogP contribution < -0.4 is 0 Å². The molecule has 0 radical (unpaired) electrons. The molecule has 0 aliphatic heterocycles. The summed E-state index contributed by atoms with van der Waals surface area (Å²) in [4.78, 5) is 24.2. The van der Waals surface area contributed by atoms with Crippen LogP contribution >= 0.6 is 0 Å². The summed E-state index contributed by atoms with van der Waals surface area (Å²) in [6.07, 6.45) is 6.92. The third-order valence-electron chi connectivity index (χ3n) is 3.25. The molecular weight excluding hydrogens is 240 g/mol. The van der Waals surface area contributed by atoms with Crippen LogP contribution in [-0.2, 0) is 14.3 Å². The third-order valence-corrected chi connectivity index (χ3v) is 3.25. The molecule has 3 heteroatoms. The van der Waals surface area contributed by atoms with Crippen molar-refractivity contribution in [2.45, 2.75) is 59.3 Å². The van der Waals surface area contributed by atoms with E-state index in [-0.39, 0.29) is 11.6 Å². The van der Waals surface area contributed by atoms with Crippen LogP contribution in [0.3, 0.4) is 0 Å². The molecule has 0 spiro atoms. The van der Waals surface area contributed by atoms with Gasteiger partial charge in [0.05, 0.1) is 6.61 Å². The predicted octanol–water partition coefficient (Wildman–Crippen LogP) is 3.74. The van der Waals surface area contributed by atoms with E-state index in [0.717, 1.165) is 25.7 Å². The Kier molecular flexibility index (Phi) is 6.54. The number of carbonyl (C=O) groups is 2. The van der Waals surface area contributed by atoms with Crippen molar-refractivity contribution in [3.8, 4) is 0 Å². The summed E-state index contributed by atoms with van der Waals surface area (Å²) in [5.74, 6) is -0.0693. The smallest absolute Gasteiger partial charge is 0.232 e. The predicted molar refractivity (Wildman–Crippen MR) is 75.8 cm³/mol. The maximum Gasteiger partial charge on any atom is 0.232 e. The van der Waals surface area contributed by atoms with Crippen molar-refractivity contribution in [3.05, 3.63) is 23.0 Å². The quantitative estimate of drug-likeness (QED) is 0.495. The molecule has 0 N–H and O–H groups in total. The number of ether oxygens (including phenoxy) is 1. The normalized spacial score (nSPS) is 15.8. The average Bonchev–Trinajstić information content (AvgIpc) is 2.41. The van der Waals surface area contributed by atoms with Crippen molar-refractivity contribution in [2.24, 2.45) is 0 Å². The summed E-state index contributed by atoms with van der Waals surface area (Å²) in [6, 6.07) is 0. The molecule has 0 amide bonds. The molecule has 3 nitrogen and oxygen atoms in total. The number of rotatable bonds is 8. The molecule has 0 saturated carbocycles. The second-order valence-corrected chi connectivity index (χ2v) is 4.81. The van der Waals surface area contributed by atoms with Crippen LogP contribution in [0.4, 0.5) is 0 Å². The molecular formula is C16H24O3. The molecule has 1 aliphatic carbocycles. The van der Waals surface area contributed by atoms with Gasteiger partial charge in [0, 0.05) is 11.1 Å². The van der Waals surface area contributed by atoms with Gasteiger partial charge in [0.15, 0.2) is 0 Å². The second kappa shape index (κ2) is 7.93. The largest absolute Gasteiger partial charge is 0.493 e. The first kappa shape index (κ1) is 15.7. The molecule has 0 aromatic rings. The fraction of sp³-hybridized carbons (Fsp3) is 0.625. The molecule has 0 unspecified atom stereocenters. The first-order chi connectivity index (χ1) is 9.15. The molecule has 0 fully saturated rings. The first-order valence-corrected chi connectivity index (χ1v) is 7.31. The van der Waals surface area contributed by atoms with Gasteiger partial charge < -0.3 is 4.74 Å². The summed E-state index contributed by atoms with van der Waals surface area (Å²) in [5, 5.41) is 0. The van der Waals surface area contributed by atoms with E-state index in [4.69, 9.17) is 4.74 Å². The molecule has 0 atom stereocenters. The highest BCUT2D eigenvalue weighted by Crippen LogP contribution is 2.26. The Labute approximate surface area is 115 Å². The standard InChI is InChI=1S/C16H24O3/c1-4-7-9-12-11-14(19-6-3)13(10-8-5-2)16(18)15(12)17/h11H,4-10H2,1-3H3. The molecule has 0 saturated heterocycles. The van der Waals surface area contributed by atoms with Gasteiger partial charge in [0.1, 0.15) is 5.76 Å². The van der Waals surface area contributed by atoms with E-state index in [9.17, 15) is 9.59 Å². The van der Waals surface area contributed by atoms with Gasteiger partial charge in [-0.05, 0) is 38.7 Å². The van der Waals surface area contributed by atoms with Crippen LogP contribution in [0.15, 0.2) is 23.0 Å². The van der Waals surface area contributed by atoms with Crippen molar-refractivity contribution in [2.75, 3.05) is 6.61 Å². The van der Waals surface area contributed by atoms with Crippen LogP contribution in [0, 0.1) is 0 Å². The number of carbonyl (C=O) groups excluding carboxylic acids is 2. The highest BCUT2D eigenvalue weighted by molar-refractivity contribution is 6.50. The molecule has 0 bridgehead atoms. The first-order valence-electron chi connectivity index (χ1n) is 7.31. The Hall–Kier alpha value is -1.38. The Morgan fingerprint density at radius 3 is 2.16 bits per heavy atom. The van der Waals surface area contributed by atoms with E-state index in [1.165, 1.54) is 0 Å². The van der Waals surface area contributed by atoms with Crippen LogP contribution in [0.1, 0.15) is 59.3 Å². The molecule has 1 rings (SSSR count). The lowest BCUT2D eigenvalue weighted by atomic mass is 9.89. The van der Waals surface area contributed by atoms with Gasteiger partial charge in [0.25, 0.3) is 0 Å². The lowest BCUT2D eigenvalue weighted by Gasteiger charge is -2.18. The second-order valence-electron chi connectivity index (χ2n) is 4.81. The molecule has 0 aromatic heterocycles. The molecule has 1 aliphatic rings. The summed E-state index contributed by atoms with van der Waals surface area (Å²) < 4.78 is 5.55. The summed E-state index contributed by atoms with van der Waals surface area (Å²) in [6.45, 7) is 6.55. The number of hydrogen-bond acceptors (Lipinski definition) is 3. The lowest BCUT2D eigenvalue weighted by Crippen LogP contribution is -2.24. The highest BCUT2D eigenvalue weighted by atomic mass is 16.5. The highest BCUT2D eigenvalue weighted by Gasteiger charge is 2.29. The molecule has 0 heterocycles. The maximum absolute atomic E-state index is 12.2. The summed E-state index contributed by atoms with van der Waals surface area (Å²) in [7, 11) is 0. The van der Waals surface area contributed by atoms with Gasteiger partial charge in [-0.25, -0.2) is 0 Å². The molecule has 19 heavy (non-hydrogen) atoms. The van der Waals surface area contributed by atoms with Crippen molar-refractivity contribution in [3.63, 3.8) is 0 Å². The Bertz CT molecular complexity index is 402. The minimum atomic E-state index is -0.356. The Morgan fingerprint density at radius 2 is 1.58 bits per heavy atom. The fourth-order valence-electron chi connectivity index (χ4n) is 2.13. The van der Waals surface area contributed by atoms with E-state index in [0.29, 0.717) is 36.4 Å². The van der Waals surface area contributed by atoms with Gasteiger partial charge in [-0.3, -0.25) is 9.59 Å². The van der Waals surface area contributed by atoms with Crippen molar-refractivity contribution in [1.29, 1.82) is 0 Å². The van der Waals surface area contributed by atoms with Crippen LogP contribution in [0.25, 0.3) is 0 Å². The Morgan fingerprint density at radius 1 is 0.947 bits per heavy atom. The third kappa shape index (κ3) is 4.05. The van der Waals surface area contributed by atoms with Crippen LogP contribution in [0.2, 0.25) is 0 Å². The van der Waals surface area contributed by atoms with Crippen molar-refractivity contribution < 1.29 is 14.3 Å². The number of allylic oxidation sites excluding steroid dienone is 3. The minimum Gasteiger partial charge on any atom is -0.493 e. The van der Waals surface area contributed by atoms with E-state index < -0.39 is 0 Å². The zero-order chi connectivity index (χ0) is 14.3. The minimum absolute atomic E-state index is 0.331. The van der Waals surface area contributed by atoms with Gasteiger partial charge >= 0.3 is 0 Å². The van der Waals surface area contributed by atoms with Gasteiger partial charge in [-0.1, -0.05) is 26.7 Å².